The van der Waals surface area contributed by atoms with E-state index in [1.807, 2.05) is 24.3 Å². The smallest absolute Gasteiger partial charge is 0.251 e. The van der Waals surface area contributed by atoms with Gasteiger partial charge in [-0.3, -0.25) is 4.79 Å². The van der Waals surface area contributed by atoms with Crippen LogP contribution in [0.2, 0.25) is 0 Å². The van der Waals surface area contributed by atoms with Crippen LogP contribution in [-0.2, 0) is 0 Å². The summed E-state index contributed by atoms with van der Waals surface area (Å²) < 4.78 is 5.20. The van der Waals surface area contributed by atoms with E-state index in [1.165, 1.54) is 32.1 Å². The first kappa shape index (κ1) is 13.2. The molecule has 0 heterocycles. The second kappa shape index (κ2) is 5.04. The molecule has 4 rings (SSSR count). The van der Waals surface area contributed by atoms with Crippen LogP contribution >= 0.6 is 0 Å². The fourth-order valence-electron chi connectivity index (χ4n) is 5.25. The highest BCUT2D eigenvalue weighted by molar-refractivity contribution is 5.94. The van der Waals surface area contributed by atoms with E-state index in [-0.39, 0.29) is 5.91 Å². The summed E-state index contributed by atoms with van der Waals surface area (Å²) >= 11 is 0. The summed E-state index contributed by atoms with van der Waals surface area (Å²) in [5.41, 5.74) is 0.708. The normalized spacial score (nSPS) is 36.5. The van der Waals surface area contributed by atoms with Gasteiger partial charge in [-0.05, 0) is 67.6 Å². The lowest BCUT2D eigenvalue weighted by molar-refractivity contribution is 0.0900. The van der Waals surface area contributed by atoms with Crippen molar-refractivity contribution in [3.63, 3.8) is 0 Å². The molecule has 0 saturated heterocycles. The average Bonchev–Trinajstić information content (AvgIpc) is 3.19. The molecule has 0 aliphatic heterocycles. The van der Waals surface area contributed by atoms with Gasteiger partial charge in [-0.2, -0.15) is 0 Å². The first-order chi connectivity index (χ1) is 10.3. The highest BCUT2D eigenvalue weighted by Gasteiger charge is 2.54. The van der Waals surface area contributed by atoms with Crippen molar-refractivity contribution in [3.05, 3.63) is 29.8 Å². The summed E-state index contributed by atoms with van der Waals surface area (Å²) in [5, 5.41) is 3.30. The molecule has 3 nitrogen and oxygen atoms in total. The van der Waals surface area contributed by atoms with E-state index in [1.54, 1.807) is 7.11 Å². The molecule has 5 unspecified atom stereocenters. The number of methoxy groups -OCH3 is 1. The van der Waals surface area contributed by atoms with Crippen LogP contribution in [0.3, 0.4) is 0 Å². The number of nitrogens with one attached hydrogen (secondary N) is 1. The molecule has 21 heavy (non-hydrogen) atoms. The fourth-order valence-corrected chi connectivity index (χ4v) is 5.25. The van der Waals surface area contributed by atoms with Gasteiger partial charge in [-0.1, -0.05) is 12.5 Å². The molecule has 1 aromatic carbocycles. The summed E-state index contributed by atoms with van der Waals surface area (Å²) in [6.07, 6.45) is 6.76. The zero-order chi connectivity index (χ0) is 14.4. The Morgan fingerprint density at radius 3 is 2.90 bits per heavy atom. The molecule has 1 N–H and O–H groups in total. The first-order valence-electron chi connectivity index (χ1n) is 8.21. The highest BCUT2D eigenvalue weighted by Crippen LogP contribution is 2.58. The van der Waals surface area contributed by atoms with Crippen molar-refractivity contribution in [2.24, 2.45) is 23.7 Å². The van der Waals surface area contributed by atoms with Gasteiger partial charge in [-0.15, -0.1) is 0 Å². The molecule has 0 radical (unpaired) electrons. The number of carbonyl (C=O) groups excluding carboxylic acids is 1. The maximum absolute atomic E-state index is 12.5. The average molecular weight is 285 g/mol. The van der Waals surface area contributed by atoms with Gasteiger partial charge in [0.25, 0.3) is 5.91 Å². The van der Waals surface area contributed by atoms with Crippen LogP contribution in [0.1, 0.15) is 42.5 Å². The summed E-state index contributed by atoms with van der Waals surface area (Å²) in [7, 11) is 1.63. The number of hydrogen-bond donors (Lipinski definition) is 1. The summed E-state index contributed by atoms with van der Waals surface area (Å²) in [6.45, 7) is 0. The van der Waals surface area contributed by atoms with Crippen molar-refractivity contribution < 1.29 is 9.53 Å². The molecule has 1 aromatic rings. The predicted octanol–water partition coefficient (Wildman–Crippen LogP) is 3.25. The number of carbonyl (C=O) groups is 1. The Morgan fingerprint density at radius 2 is 2.05 bits per heavy atom. The van der Waals surface area contributed by atoms with Crippen LogP contribution in [0.15, 0.2) is 24.3 Å². The topological polar surface area (TPSA) is 38.3 Å². The summed E-state index contributed by atoms with van der Waals surface area (Å²) in [5.74, 6) is 4.27. The quantitative estimate of drug-likeness (QED) is 0.926. The minimum absolute atomic E-state index is 0.0565. The van der Waals surface area contributed by atoms with Crippen LogP contribution in [-0.4, -0.2) is 19.1 Å². The Bertz CT molecular complexity index is 556. The van der Waals surface area contributed by atoms with E-state index in [2.05, 4.69) is 5.32 Å². The molecule has 0 spiro atoms. The second-order valence-electron chi connectivity index (χ2n) is 6.97. The van der Waals surface area contributed by atoms with E-state index in [4.69, 9.17) is 4.74 Å². The molecule has 3 aliphatic carbocycles. The number of amides is 1. The SMILES string of the molecule is COc1cccc(C(=O)NC2CC3CC2C2CCCC32)c1. The van der Waals surface area contributed by atoms with Gasteiger partial charge < -0.3 is 10.1 Å². The van der Waals surface area contributed by atoms with Gasteiger partial charge in [0.2, 0.25) is 0 Å². The van der Waals surface area contributed by atoms with Gasteiger partial charge in [-0.25, -0.2) is 0 Å². The Kier molecular flexibility index (Phi) is 3.16. The Balaban J connectivity index is 1.46. The lowest BCUT2D eigenvalue weighted by Crippen LogP contribution is -2.42. The molecule has 3 fully saturated rings. The monoisotopic (exact) mass is 285 g/mol. The Morgan fingerprint density at radius 1 is 1.19 bits per heavy atom. The standard InChI is InChI=1S/C18H23NO2/c1-21-13-5-2-4-11(8-13)18(20)19-17-10-12-9-16(17)15-7-3-6-14(12)15/h2,4-5,8,12,14-17H,3,6-7,9-10H2,1H3,(H,19,20). The predicted molar refractivity (Wildman–Crippen MR) is 81.3 cm³/mol. The van der Waals surface area contributed by atoms with Crippen molar-refractivity contribution >= 4 is 5.91 Å². The first-order valence-corrected chi connectivity index (χ1v) is 8.21. The number of rotatable bonds is 3. The third-order valence-electron chi connectivity index (χ3n) is 6.08. The zero-order valence-corrected chi connectivity index (χ0v) is 12.5. The molecule has 1 amide bonds. The molecular weight excluding hydrogens is 262 g/mol. The van der Waals surface area contributed by atoms with Crippen LogP contribution in [0.25, 0.3) is 0 Å². The Labute approximate surface area is 126 Å². The summed E-state index contributed by atoms with van der Waals surface area (Å²) in [4.78, 5) is 12.5. The highest BCUT2D eigenvalue weighted by atomic mass is 16.5. The van der Waals surface area contributed by atoms with Gasteiger partial charge in [0.05, 0.1) is 7.11 Å². The fraction of sp³-hybridized carbons (Fsp3) is 0.611. The molecular formula is C18H23NO2. The maximum Gasteiger partial charge on any atom is 0.251 e. The largest absolute Gasteiger partial charge is 0.497 e. The van der Waals surface area contributed by atoms with Gasteiger partial charge >= 0.3 is 0 Å². The number of ether oxygens (including phenoxy) is 1. The number of benzene rings is 1. The van der Waals surface area contributed by atoms with Gasteiger partial charge in [0.1, 0.15) is 5.75 Å². The molecule has 0 aromatic heterocycles. The third-order valence-corrected chi connectivity index (χ3v) is 6.08. The maximum atomic E-state index is 12.5. The van der Waals surface area contributed by atoms with Crippen molar-refractivity contribution in [1.29, 1.82) is 0 Å². The lowest BCUT2D eigenvalue weighted by atomic mass is 9.79. The molecule has 112 valence electrons. The molecule has 3 saturated carbocycles. The number of hydrogen-bond acceptors (Lipinski definition) is 2. The zero-order valence-electron chi connectivity index (χ0n) is 12.5. The molecule has 3 heteroatoms. The van der Waals surface area contributed by atoms with Crippen molar-refractivity contribution in [3.8, 4) is 5.75 Å². The van der Waals surface area contributed by atoms with Crippen molar-refractivity contribution in [1.82, 2.24) is 5.32 Å². The van der Waals surface area contributed by atoms with Crippen LogP contribution in [0.4, 0.5) is 0 Å². The lowest BCUT2D eigenvalue weighted by Gasteiger charge is -2.32. The van der Waals surface area contributed by atoms with E-state index < -0.39 is 0 Å². The van der Waals surface area contributed by atoms with Crippen LogP contribution in [0.5, 0.6) is 5.75 Å². The van der Waals surface area contributed by atoms with E-state index in [9.17, 15) is 4.79 Å². The minimum Gasteiger partial charge on any atom is -0.497 e. The third kappa shape index (κ3) is 2.14. The van der Waals surface area contributed by atoms with E-state index in [0.717, 1.165) is 29.4 Å². The summed E-state index contributed by atoms with van der Waals surface area (Å²) in [6, 6.07) is 7.83. The Hall–Kier alpha value is -1.51. The van der Waals surface area contributed by atoms with E-state index >= 15 is 0 Å². The molecule has 2 bridgehead atoms. The number of fused-ring (bicyclic) bond motifs is 5. The van der Waals surface area contributed by atoms with Gasteiger partial charge in [0, 0.05) is 11.6 Å². The van der Waals surface area contributed by atoms with E-state index in [0.29, 0.717) is 11.6 Å². The molecule has 5 atom stereocenters. The van der Waals surface area contributed by atoms with Crippen LogP contribution < -0.4 is 10.1 Å². The van der Waals surface area contributed by atoms with Crippen LogP contribution in [0, 0.1) is 23.7 Å². The van der Waals surface area contributed by atoms with Crippen molar-refractivity contribution in [2.45, 2.75) is 38.1 Å². The minimum atomic E-state index is 0.0565. The van der Waals surface area contributed by atoms with Crippen molar-refractivity contribution in [2.75, 3.05) is 7.11 Å². The second-order valence-corrected chi connectivity index (χ2v) is 6.97. The van der Waals surface area contributed by atoms with Gasteiger partial charge in [0.15, 0.2) is 0 Å². The molecule has 3 aliphatic rings.